The summed E-state index contributed by atoms with van der Waals surface area (Å²) in [6.45, 7) is 18.6. The summed E-state index contributed by atoms with van der Waals surface area (Å²) < 4.78 is 11.4. The Labute approximate surface area is 290 Å². The topological polar surface area (TPSA) is 28.4 Å². The number of rotatable bonds is 6. The van der Waals surface area contributed by atoms with Crippen LogP contribution in [0.5, 0.6) is 0 Å². The van der Waals surface area contributed by atoms with Crippen LogP contribution in [0.4, 0.5) is 17.3 Å². The lowest BCUT2D eigenvalue weighted by Crippen LogP contribution is -2.51. The minimum atomic E-state index is -0.394. The molecule has 1 aliphatic rings. The summed E-state index contributed by atoms with van der Waals surface area (Å²) in [5.74, 6) is 1.87. The minimum absolute atomic E-state index is 0.0109. The summed E-state index contributed by atoms with van der Waals surface area (Å²) in [4.78, 5) is 5.20. The summed E-state index contributed by atoms with van der Waals surface area (Å²) in [5, 5.41) is 2.37. The quantitative estimate of drug-likeness (QED) is 0.168. The zero-order valence-corrected chi connectivity index (χ0v) is 30.2. The molecule has 2 aromatic heterocycles. The van der Waals surface area contributed by atoms with Crippen molar-refractivity contribution in [3.63, 3.8) is 0 Å². The number of hydrogen-bond donors (Lipinski definition) is 0. The highest BCUT2D eigenvalue weighted by atomic mass is 16.3. The maximum absolute atomic E-state index is 6.43. The highest BCUT2D eigenvalue weighted by Crippen LogP contribution is 2.52. The molecule has 0 saturated carbocycles. The molecule has 0 spiro atoms. The fraction of sp³-hybridized carbons (Fsp3) is 0.295. The standard InChI is InChI=1S/C44H47N4O/c1-27(2)31-18-16-19-32(28(3)4)42(31)47-35-21-12-11-20-34(35)45(9)43(47)46-30(6)48(37-23-14-13-22-36(37)46)44(7,8)41-29(5)25-26-39-40(41)33-17-10-15-24-38(33)49-39/h10-28,30H,1-9H3/q+1/t30-/m1/s1. The van der Waals surface area contributed by atoms with Crippen molar-refractivity contribution in [3.8, 4) is 5.69 Å². The van der Waals surface area contributed by atoms with Crippen LogP contribution >= 0.6 is 0 Å². The second-order valence-corrected chi connectivity index (χ2v) is 14.9. The second kappa shape index (κ2) is 11.3. The Hall–Kier alpha value is -5.03. The van der Waals surface area contributed by atoms with Crippen molar-refractivity contribution in [1.82, 2.24) is 4.57 Å². The summed E-state index contributed by atoms with van der Waals surface area (Å²) in [6.07, 6.45) is -0.0109. The first-order chi connectivity index (χ1) is 23.5. The largest absolute Gasteiger partial charge is 0.456 e. The van der Waals surface area contributed by atoms with E-state index < -0.39 is 5.54 Å². The zero-order chi connectivity index (χ0) is 34.4. The van der Waals surface area contributed by atoms with Crippen molar-refractivity contribution in [2.75, 3.05) is 9.80 Å². The van der Waals surface area contributed by atoms with Crippen molar-refractivity contribution >= 4 is 50.3 Å². The number of benzene rings is 5. The van der Waals surface area contributed by atoms with E-state index in [1.165, 1.54) is 61.1 Å². The molecule has 0 bridgehead atoms. The van der Waals surface area contributed by atoms with Crippen molar-refractivity contribution < 1.29 is 8.98 Å². The van der Waals surface area contributed by atoms with Gasteiger partial charge < -0.3 is 9.32 Å². The molecular formula is C44H47N4O+. The first-order valence-corrected chi connectivity index (χ1v) is 17.7. The van der Waals surface area contributed by atoms with E-state index in [9.17, 15) is 0 Å². The Balaban J connectivity index is 1.41. The molecule has 5 aromatic carbocycles. The van der Waals surface area contributed by atoms with E-state index in [2.05, 4.69) is 184 Å². The third-order valence-corrected chi connectivity index (χ3v) is 10.9. The maximum Gasteiger partial charge on any atom is 0.372 e. The van der Waals surface area contributed by atoms with Gasteiger partial charge in [-0.1, -0.05) is 94.4 Å². The van der Waals surface area contributed by atoms with Gasteiger partial charge in [-0.05, 0) is 98.2 Å². The van der Waals surface area contributed by atoms with Crippen molar-refractivity contribution in [2.45, 2.75) is 78.9 Å². The van der Waals surface area contributed by atoms with E-state index >= 15 is 0 Å². The Morgan fingerprint density at radius 3 is 2.06 bits per heavy atom. The van der Waals surface area contributed by atoms with Crippen LogP contribution in [0.2, 0.25) is 0 Å². The van der Waals surface area contributed by atoms with Crippen LogP contribution in [0.1, 0.15) is 82.6 Å². The van der Waals surface area contributed by atoms with Gasteiger partial charge in [0.2, 0.25) is 0 Å². The number of nitrogens with zero attached hydrogens (tertiary/aromatic N) is 4. The molecule has 5 heteroatoms. The van der Waals surface area contributed by atoms with Crippen LogP contribution < -0.4 is 14.4 Å². The van der Waals surface area contributed by atoms with E-state index in [1.807, 2.05) is 0 Å². The Bertz CT molecular complexity index is 2360. The number of imidazole rings is 1. The van der Waals surface area contributed by atoms with Gasteiger partial charge in [-0.3, -0.25) is 0 Å². The monoisotopic (exact) mass is 647 g/mol. The number of aryl methyl sites for hydroxylation is 2. The summed E-state index contributed by atoms with van der Waals surface area (Å²) >= 11 is 0. The van der Waals surface area contributed by atoms with E-state index in [0.717, 1.165) is 17.1 Å². The Morgan fingerprint density at radius 2 is 1.35 bits per heavy atom. The third-order valence-electron chi connectivity index (χ3n) is 10.9. The fourth-order valence-electron chi connectivity index (χ4n) is 8.82. The second-order valence-electron chi connectivity index (χ2n) is 14.9. The molecule has 0 N–H and O–H groups in total. The fourth-order valence-corrected chi connectivity index (χ4v) is 8.82. The normalized spacial score (nSPS) is 15.1. The smallest absolute Gasteiger partial charge is 0.372 e. The van der Waals surface area contributed by atoms with Gasteiger partial charge in [-0.2, -0.15) is 4.57 Å². The van der Waals surface area contributed by atoms with Crippen molar-refractivity contribution in [2.24, 2.45) is 7.05 Å². The predicted octanol–water partition coefficient (Wildman–Crippen LogP) is 11.1. The molecule has 3 heterocycles. The molecule has 0 fully saturated rings. The maximum atomic E-state index is 6.43. The average Bonchev–Trinajstić information content (AvgIpc) is 3.70. The van der Waals surface area contributed by atoms with E-state index in [4.69, 9.17) is 4.42 Å². The molecule has 5 nitrogen and oxygen atoms in total. The average molecular weight is 648 g/mol. The van der Waals surface area contributed by atoms with Crippen LogP contribution in [-0.4, -0.2) is 10.7 Å². The molecule has 0 radical (unpaired) electrons. The molecule has 248 valence electrons. The number of furan rings is 1. The number of para-hydroxylation sites is 6. The van der Waals surface area contributed by atoms with Crippen molar-refractivity contribution in [1.29, 1.82) is 0 Å². The van der Waals surface area contributed by atoms with Crippen molar-refractivity contribution in [3.05, 3.63) is 125 Å². The molecule has 7 aromatic rings. The molecule has 0 amide bonds. The number of fused-ring (bicyclic) bond motifs is 5. The summed E-state index contributed by atoms with van der Waals surface area (Å²) in [7, 11) is 2.23. The Kier molecular flexibility index (Phi) is 7.18. The van der Waals surface area contributed by atoms with Crippen LogP contribution in [-0.2, 0) is 12.6 Å². The van der Waals surface area contributed by atoms with Crippen LogP contribution in [0.25, 0.3) is 38.7 Å². The highest BCUT2D eigenvalue weighted by Gasteiger charge is 2.49. The SMILES string of the molecule is Cc1ccc2oc3ccccc3c2c1C(C)(C)N1c2ccccc2N(c2n(-c3c(C(C)C)cccc3C(C)C)c3ccccc3[n+]2C)[C@H]1C. The van der Waals surface area contributed by atoms with Gasteiger partial charge in [0.25, 0.3) is 0 Å². The number of hydrogen-bond acceptors (Lipinski definition) is 3. The summed E-state index contributed by atoms with van der Waals surface area (Å²) in [5.41, 5.74) is 12.9. The molecule has 1 atom stereocenters. The van der Waals surface area contributed by atoms with Crippen LogP contribution in [0.15, 0.2) is 108 Å². The number of aromatic nitrogens is 2. The van der Waals surface area contributed by atoms with Crippen LogP contribution in [0, 0.1) is 6.92 Å². The zero-order valence-electron chi connectivity index (χ0n) is 30.2. The lowest BCUT2D eigenvalue weighted by molar-refractivity contribution is -0.632. The Morgan fingerprint density at radius 1 is 0.714 bits per heavy atom. The summed E-state index contributed by atoms with van der Waals surface area (Å²) in [6, 6.07) is 37.5. The lowest BCUT2D eigenvalue weighted by Gasteiger charge is -2.41. The molecule has 0 aliphatic carbocycles. The third kappa shape index (κ3) is 4.47. The molecular weight excluding hydrogens is 601 g/mol. The van der Waals surface area contributed by atoms with Gasteiger partial charge in [0.05, 0.1) is 18.3 Å². The van der Waals surface area contributed by atoms with Crippen LogP contribution in [0.3, 0.4) is 0 Å². The van der Waals surface area contributed by atoms with E-state index in [1.54, 1.807) is 0 Å². The van der Waals surface area contributed by atoms with E-state index in [0.29, 0.717) is 11.8 Å². The van der Waals surface area contributed by atoms with Gasteiger partial charge in [0.1, 0.15) is 33.6 Å². The molecule has 1 aliphatic heterocycles. The minimum Gasteiger partial charge on any atom is -0.456 e. The van der Waals surface area contributed by atoms with Gasteiger partial charge in [0.15, 0.2) is 6.17 Å². The molecule has 0 unspecified atom stereocenters. The number of anilines is 3. The first kappa shape index (κ1) is 31.3. The lowest BCUT2D eigenvalue weighted by atomic mass is 9.84. The molecule has 49 heavy (non-hydrogen) atoms. The first-order valence-electron chi connectivity index (χ1n) is 17.7. The van der Waals surface area contributed by atoms with Gasteiger partial charge in [-0.15, -0.1) is 0 Å². The van der Waals surface area contributed by atoms with E-state index in [-0.39, 0.29) is 6.17 Å². The highest BCUT2D eigenvalue weighted by molar-refractivity contribution is 6.08. The molecule has 0 saturated heterocycles. The van der Waals surface area contributed by atoms with Gasteiger partial charge in [0, 0.05) is 10.8 Å². The van der Waals surface area contributed by atoms with Gasteiger partial charge >= 0.3 is 5.95 Å². The molecule has 8 rings (SSSR count). The van der Waals surface area contributed by atoms with Gasteiger partial charge in [-0.25, -0.2) is 9.47 Å². The predicted molar refractivity (Wildman–Crippen MR) is 205 cm³/mol.